The first-order valence-corrected chi connectivity index (χ1v) is 7.67. The first kappa shape index (κ1) is 17.0. The van der Waals surface area contributed by atoms with Crippen LogP contribution in [0.3, 0.4) is 0 Å². The quantitative estimate of drug-likeness (QED) is 0.734. The van der Waals surface area contributed by atoms with E-state index >= 15 is 0 Å². The third kappa shape index (κ3) is 5.07. The maximum Gasteiger partial charge on any atom is 0.305 e. The number of nitrogens with one attached hydrogen (secondary N) is 1. The Morgan fingerprint density at radius 3 is 2.61 bits per heavy atom. The van der Waals surface area contributed by atoms with Gasteiger partial charge in [0.05, 0.1) is 19.1 Å². The molecule has 0 bridgehead atoms. The minimum atomic E-state index is -0.951. The van der Waals surface area contributed by atoms with Crippen LogP contribution in [0.1, 0.15) is 31.4 Å². The predicted molar refractivity (Wildman–Crippen MR) is 88.2 cm³/mol. The molecule has 5 heteroatoms. The molecule has 2 aromatic rings. The Morgan fingerprint density at radius 1 is 1.17 bits per heavy atom. The van der Waals surface area contributed by atoms with Crippen LogP contribution in [0.25, 0.3) is 10.8 Å². The Hall–Kier alpha value is -2.40. The van der Waals surface area contributed by atoms with E-state index in [1.165, 1.54) is 0 Å². The molecule has 1 atom stereocenters. The summed E-state index contributed by atoms with van der Waals surface area (Å²) in [7, 11) is 0. The van der Waals surface area contributed by atoms with E-state index in [1.807, 2.05) is 49.4 Å². The van der Waals surface area contributed by atoms with Crippen LogP contribution >= 0.6 is 0 Å². The van der Waals surface area contributed by atoms with Crippen LogP contribution in [0.15, 0.2) is 42.5 Å². The maximum atomic E-state index is 12.0. The smallest absolute Gasteiger partial charge is 0.305 e. The molecule has 2 rings (SSSR count). The second kappa shape index (κ2) is 8.29. The fourth-order valence-electron chi connectivity index (χ4n) is 2.43. The summed E-state index contributed by atoms with van der Waals surface area (Å²) in [5, 5.41) is 14.0. The van der Waals surface area contributed by atoms with Gasteiger partial charge in [0.1, 0.15) is 0 Å². The number of hydrogen-bond donors (Lipinski definition) is 2. The van der Waals surface area contributed by atoms with Gasteiger partial charge in [-0.3, -0.25) is 9.59 Å². The lowest BCUT2D eigenvalue weighted by molar-refractivity contribution is -0.137. The first-order valence-electron chi connectivity index (χ1n) is 7.67. The van der Waals surface area contributed by atoms with E-state index in [2.05, 4.69) is 5.32 Å². The molecule has 1 amide bonds. The summed E-state index contributed by atoms with van der Waals surface area (Å²) in [4.78, 5) is 23.1. The zero-order valence-electron chi connectivity index (χ0n) is 13.1. The molecule has 2 N–H and O–H groups in total. The fourth-order valence-corrected chi connectivity index (χ4v) is 2.43. The van der Waals surface area contributed by atoms with Crippen molar-refractivity contribution < 1.29 is 19.4 Å². The Morgan fingerprint density at radius 2 is 1.91 bits per heavy atom. The standard InChI is InChI=1S/C18H21NO4/c1-2-23-10-9-17(20)19-16(12-18(21)22)15-8-7-13-5-3-4-6-14(13)11-15/h3-8,11,16H,2,9-10,12H2,1H3,(H,19,20)(H,21,22)/t16-/m0/s1. The summed E-state index contributed by atoms with van der Waals surface area (Å²) in [6, 6.07) is 13.0. The monoisotopic (exact) mass is 315 g/mol. The van der Waals surface area contributed by atoms with Crippen LogP contribution in [0.5, 0.6) is 0 Å². The lowest BCUT2D eigenvalue weighted by atomic mass is 9.99. The number of ether oxygens (including phenoxy) is 1. The Kier molecular flexibility index (Phi) is 6.11. The van der Waals surface area contributed by atoms with Crippen LogP contribution < -0.4 is 5.32 Å². The minimum Gasteiger partial charge on any atom is -0.481 e. The highest BCUT2D eigenvalue weighted by Gasteiger charge is 2.18. The molecule has 0 saturated carbocycles. The molecule has 0 spiro atoms. The molecule has 0 aliphatic rings. The normalized spacial score (nSPS) is 12.0. The summed E-state index contributed by atoms with van der Waals surface area (Å²) < 4.78 is 5.15. The van der Waals surface area contributed by atoms with Gasteiger partial charge in [-0.2, -0.15) is 0 Å². The van der Waals surface area contributed by atoms with E-state index in [9.17, 15) is 9.59 Å². The minimum absolute atomic E-state index is 0.154. The van der Waals surface area contributed by atoms with Crippen LogP contribution in [-0.4, -0.2) is 30.2 Å². The van der Waals surface area contributed by atoms with E-state index in [0.717, 1.165) is 16.3 Å². The largest absolute Gasteiger partial charge is 0.481 e. The lowest BCUT2D eigenvalue weighted by Gasteiger charge is -2.18. The molecule has 23 heavy (non-hydrogen) atoms. The van der Waals surface area contributed by atoms with Crippen LogP contribution in [0.2, 0.25) is 0 Å². The van der Waals surface area contributed by atoms with Gasteiger partial charge in [0.2, 0.25) is 5.91 Å². The topological polar surface area (TPSA) is 75.6 Å². The van der Waals surface area contributed by atoms with Crippen molar-refractivity contribution in [1.29, 1.82) is 0 Å². The molecule has 2 aromatic carbocycles. The van der Waals surface area contributed by atoms with Crippen molar-refractivity contribution in [3.05, 3.63) is 48.0 Å². The van der Waals surface area contributed by atoms with Gasteiger partial charge in [-0.1, -0.05) is 36.4 Å². The molecule has 0 fully saturated rings. The number of carbonyl (C=O) groups is 2. The summed E-state index contributed by atoms with van der Waals surface area (Å²) in [6.07, 6.45) is 0.0657. The molecule has 0 saturated heterocycles. The van der Waals surface area contributed by atoms with Crippen molar-refractivity contribution in [3.63, 3.8) is 0 Å². The maximum absolute atomic E-state index is 12.0. The number of aliphatic carboxylic acids is 1. The molecule has 122 valence electrons. The molecule has 0 heterocycles. The summed E-state index contributed by atoms with van der Waals surface area (Å²) in [5.74, 6) is -1.16. The van der Waals surface area contributed by atoms with Gasteiger partial charge in [0.25, 0.3) is 0 Å². The van der Waals surface area contributed by atoms with Gasteiger partial charge in [-0.15, -0.1) is 0 Å². The van der Waals surface area contributed by atoms with Crippen molar-refractivity contribution in [3.8, 4) is 0 Å². The number of carboxylic acids is 1. The predicted octanol–water partition coefficient (Wildman–Crippen LogP) is 2.90. The van der Waals surface area contributed by atoms with Crippen LogP contribution in [0.4, 0.5) is 0 Å². The van der Waals surface area contributed by atoms with Gasteiger partial charge >= 0.3 is 5.97 Å². The van der Waals surface area contributed by atoms with Gasteiger partial charge in [-0.05, 0) is 29.3 Å². The van der Waals surface area contributed by atoms with E-state index in [0.29, 0.717) is 13.2 Å². The molecule has 0 unspecified atom stereocenters. The van der Waals surface area contributed by atoms with E-state index < -0.39 is 12.0 Å². The zero-order valence-corrected chi connectivity index (χ0v) is 13.1. The lowest BCUT2D eigenvalue weighted by Crippen LogP contribution is -2.30. The molecule has 0 aromatic heterocycles. The fraction of sp³-hybridized carbons (Fsp3) is 0.333. The zero-order chi connectivity index (χ0) is 16.7. The van der Waals surface area contributed by atoms with Gasteiger partial charge in [-0.25, -0.2) is 0 Å². The van der Waals surface area contributed by atoms with Gasteiger partial charge in [0, 0.05) is 13.0 Å². The van der Waals surface area contributed by atoms with Crippen molar-refractivity contribution in [1.82, 2.24) is 5.32 Å². The summed E-state index contributed by atoms with van der Waals surface area (Å²) >= 11 is 0. The molecule has 0 radical (unpaired) electrons. The SMILES string of the molecule is CCOCCC(=O)N[C@@H](CC(=O)O)c1ccc2ccccc2c1. The highest BCUT2D eigenvalue weighted by Crippen LogP contribution is 2.22. The molecule has 5 nitrogen and oxygen atoms in total. The highest BCUT2D eigenvalue weighted by molar-refractivity contribution is 5.84. The molecular formula is C18H21NO4. The second-order valence-corrected chi connectivity index (χ2v) is 5.27. The number of amides is 1. The van der Waals surface area contributed by atoms with Crippen LogP contribution in [0, 0.1) is 0 Å². The molecule has 0 aliphatic carbocycles. The Bertz CT molecular complexity index is 684. The molecular weight excluding hydrogens is 294 g/mol. The van der Waals surface area contributed by atoms with Crippen molar-refractivity contribution in [2.45, 2.75) is 25.8 Å². The second-order valence-electron chi connectivity index (χ2n) is 5.27. The van der Waals surface area contributed by atoms with Crippen molar-refractivity contribution >= 4 is 22.6 Å². The van der Waals surface area contributed by atoms with Crippen LogP contribution in [-0.2, 0) is 14.3 Å². The number of rotatable bonds is 8. The van der Waals surface area contributed by atoms with Crippen molar-refractivity contribution in [2.24, 2.45) is 0 Å². The third-order valence-corrected chi connectivity index (χ3v) is 3.57. The number of carboxylic acid groups (broad SMARTS) is 1. The third-order valence-electron chi connectivity index (χ3n) is 3.57. The Balaban J connectivity index is 2.15. The average Bonchev–Trinajstić information content (AvgIpc) is 2.53. The first-order chi connectivity index (χ1) is 11.1. The van der Waals surface area contributed by atoms with Crippen molar-refractivity contribution in [2.75, 3.05) is 13.2 Å². The molecule has 0 aliphatic heterocycles. The van der Waals surface area contributed by atoms with E-state index in [-0.39, 0.29) is 18.7 Å². The Labute approximate surface area is 135 Å². The number of carbonyl (C=O) groups excluding carboxylic acids is 1. The van der Waals surface area contributed by atoms with E-state index in [4.69, 9.17) is 9.84 Å². The summed E-state index contributed by atoms with van der Waals surface area (Å²) in [5.41, 5.74) is 0.788. The average molecular weight is 315 g/mol. The number of benzene rings is 2. The van der Waals surface area contributed by atoms with E-state index in [1.54, 1.807) is 0 Å². The van der Waals surface area contributed by atoms with Gasteiger partial charge in [0.15, 0.2) is 0 Å². The van der Waals surface area contributed by atoms with Gasteiger partial charge < -0.3 is 15.2 Å². The number of fused-ring (bicyclic) bond motifs is 1. The summed E-state index contributed by atoms with van der Waals surface area (Å²) in [6.45, 7) is 2.75. The highest BCUT2D eigenvalue weighted by atomic mass is 16.5. The number of hydrogen-bond acceptors (Lipinski definition) is 3.